The van der Waals surface area contributed by atoms with Crippen molar-refractivity contribution in [1.82, 2.24) is 4.90 Å². The number of aldehydes is 1. The molecule has 7 atom stereocenters. The van der Waals surface area contributed by atoms with Gasteiger partial charge in [0.2, 0.25) is 0 Å². The predicted octanol–water partition coefficient (Wildman–Crippen LogP) is 4.86. The second-order valence-electron chi connectivity index (χ2n) is 13.1. The van der Waals surface area contributed by atoms with Crippen molar-refractivity contribution >= 4 is 6.29 Å². The Bertz CT molecular complexity index is 1280. The van der Waals surface area contributed by atoms with E-state index in [9.17, 15) is 4.79 Å². The first-order valence-corrected chi connectivity index (χ1v) is 14.7. The molecule has 0 radical (unpaired) electrons. The van der Waals surface area contributed by atoms with Crippen LogP contribution in [0, 0.1) is 30.1 Å². The molecule has 200 valence electrons. The van der Waals surface area contributed by atoms with Gasteiger partial charge < -0.3 is 19.0 Å². The first-order chi connectivity index (χ1) is 18.6. The number of methoxy groups -OCH3 is 1. The number of aryl methyl sites for hydroxylation is 1. The third-order valence-corrected chi connectivity index (χ3v) is 11.8. The zero-order valence-electron chi connectivity index (χ0n) is 22.7. The minimum absolute atomic E-state index is 0.0277. The van der Waals surface area contributed by atoms with Crippen molar-refractivity contribution in [2.45, 2.75) is 75.2 Å². The molecule has 7 aliphatic rings. The summed E-state index contributed by atoms with van der Waals surface area (Å²) in [7, 11) is 1.85. The smallest absolute Gasteiger partial charge is 0.138 e. The summed E-state index contributed by atoms with van der Waals surface area (Å²) in [5.74, 6) is 1.78. The van der Waals surface area contributed by atoms with Gasteiger partial charge in [0.25, 0.3) is 0 Å². The van der Waals surface area contributed by atoms with Gasteiger partial charge >= 0.3 is 0 Å². The third-order valence-electron chi connectivity index (χ3n) is 11.8. The average Bonchev–Trinajstić information content (AvgIpc) is 3.69. The second-order valence-corrected chi connectivity index (χ2v) is 13.1. The molecule has 1 saturated heterocycles. The van der Waals surface area contributed by atoms with Gasteiger partial charge in [0.15, 0.2) is 0 Å². The summed E-state index contributed by atoms with van der Waals surface area (Å²) in [5, 5.41) is 0. The summed E-state index contributed by atoms with van der Waals surface area (Å²) < 4.78 is 20.2. The van der Waals surface area contributed by atoms with Crippen LogP contribution in [0.5, 0.6) is 5.75 Å². The van der Waals surface area contributed by atoms with E-state index in [0.717, 1.165) is 49.5 Å². The molecule has 9 rings (SSSR count). The van der Waals surface area contributed by atoms with E-state index < -0.39 is 5.60 Å². The molecule has 0 N–H and O–H groups in total. The molecule has 5 aliphatic carbocycles. The Morgan fingerprint density at radius 3 is 2.71 bits per heavy atom. The van der Waals surface area contributed by atoms with E-state index in [1.807, 2.05) is 13.2 Å². The lowest BCUT2D eigenvalue weighted by molar-refractivity contribution is -0.302. The molecule has 5 fully saturated rings. The number of rotatable bonds is 8. The zero-order chi connectivity index (χ0) is 25.7. The molecule has 2 aromatic rings. The third kappa shape index (κ3) is 2.76. The van der Waals surface area contributed by atoms with Crippen LogP contribution in [0.3, 0.4) is 0 Å². The summed E-state index contributed by atoms with van der Waals surface area (Å²) in [6.45, 7) is 5.52. The summed E-state index contributed by atoms with van der Waals surface area (Å²) in [5.41, 5.74) is 4.42. The fourth-order valence-corrected chi connectivity index (χ4v) is 10.2. The van der Waals surface area contributed by atoms with Gasteiger partial charge in [-0.1, -0.05) is 42.5 Å². The number of carbonyl (C=O) groups is 1. The molecular formula is C33H39NO4. The number of fused-ring (bicyclic) bond motifs is 2. The lowest BCUT2D eigenvalue weighted by Crippen LogP contribution is -2.84. The van der Waals surface area contributed by atoms with Crippen molar-refractivity contribution in [3.63, 3.8) is 0 Å². The van der Waals surface area contributed by atoms with E-state index in [2.05, 4.69) is 48.2 Å². The summed E-state index contributed by atoms with van der Waals surface area (Å²) in [6.07, 6.45) is 7.98. The lowest BCUT2D eigenvalue weighted by Gasteiger charge is -2.75. The summed E-state index contributed by atoms with van der Waals surface area (Å²) >= 11 is 0. The normalized spacial score (nSPS) is 40.1. The van der Waals surface area contributed by atoms with Crippen LogP contribution in [0.25, 0.3) is 0 Å². The minimum atomic E-state index is -0.534. The maximum absolute atomic E-state index is 13.4. The molecule has 2 unspecified atom stereocenters. The molecule has 38 heavy (non-hydrogen) atoms. The van der Waals surface area contributed by atoms with Crippen LogP contribution >= 0.6 is 0 Å². The number of ether oxygens (including phenoxy) is 3. The Kier molecular flexibility index (Phi) is 5.08. The van der Waals surface area contributed by atoms with Gasteiger partial charge in [-0.15, -0.1) is 0 Å². The number of carbonyl (C=O) groups excluding carboxylic acids is 1. The van der Waals surface area contributed by atoms with Crippen LogP contribution in [0.15, 0.2) is 42.5 Å². The Hall–Kier alpha value is -2.21. The Morgan fingerprint density at radius 2 is 1.95 bits per heavy atom. The highest BCUT2D eigenvalue weighted by atomic mass is 16.6. The Labute approximate surface area is 225 Å². The topological polar surface area (TPSA) is 48.0 Å². The molecule has 5 heteroatoms. The van der Waals surface area contributed by atoms with Crippen LogP contribution < -0.4 is 4.74 Å². The van der Waals surface area contributed by atoms with Gasteiger partial charge in [0, 0.05) is 47.9 Å². The van der Waals surface area contributed by atoms with Crippen molar-refractivity contribution in [3.05, 3.63) is 64.7 Å². The van der Waals surface area contributed by atoms with E-state index in [4.69, 9.17) is 14.2 Å². The molecule has 2 heterocycles. The molecule has 2 spiro atoms. The van der Waals surface area contributed by atoms with Crippen LogP contribution in [0.1, 0.15) is 54.4 Å². The fourth-order valence-electron chi connectivity index (χ4n) is 10.2. The van der Waals surface area contributed by atoms with E-state index in [-0.39, 0.29) is 28.8 Å². The molecule has 4 saturated carbocycles. The van der Waals surface area contributed by atoms with Gasteiger partial charge in [-0.3, -0.25) is 4.90 Å². The van der Waals surface area contributed by atoms with E-state index in [1.165, 1.54) is 42.4 Å². The average molecular weight is 514 g/mol. The maximum atomic E-state index is 13.4. The SMILES string of the molecule is COC12CCC3([C@@H](C=O)[C@@H]1COCc1ccccc1)[C@H]1Cc4ccc(C)c5c4[C@@]3(CCN1CC1CC1)[C@H]2O5. The lowest BCUT2D eigenvalue weighted by atomic mass is 9.32. The number of nitrogens with zero attached hydrogens (tertiary/aromatic N) is 1. The number of piperidine rings is 1. The highest BCUT2D eigenvalue weighted by Gasteiger charge is 2.83. The van der Waals surface area contributed by atoms with Crippen molar-refractivity contribution in [2.24, 2.45) is 23.2 Å². The standard InChI is InChI=1S/C33H39NO4/c1-21-8-11-24-16-27-31-12-13-33(36-2,26(25(31)18-35)20-37-19-23-6-4-3-5-7-23)30-32(31,28(24)29(21)38-30)14-15-34(27)17-22-9-10-22/h3-8,11,18,22,25-27,30H,9-10,12-17,19-20H2,1-2H3/t25-,26-,27+,30+,31?,32-,33?/m0/s1. The number of hydrogen-bond acceptors (Lipinski definition) is 5. The number of hydrogen-bond donors (Lipinski definition) is 0. The minimum Gasteiger partial charge on any atom is -0.486 e. The van der Waals surface area contributed by atoms with Crippen LogP contribution in [0.2, 0.25) is 0 Å². The van der Waals surface area contributed by atoms with Gasteiger partial charge in [0.1, 0.15) is 23.7 Å². The van der Waals surface area contributed by atoms with Gasteiger partial charge in [-0.25, -0.2) is 0 Å². The van der Waals surface area contributed by atoms with Crippen LogP contribution in [-0.4, -0.2) is 55.7 Å². The first kappa shape index (κ1) is 23.7. The highest BCUT2D eigenvalue weighted by molar-refractivity contribution is 5.67. The van der Waals surface area contributed by atoms with E-state index in [0.29, 0.717) is 19.3 Å². The molecule has 4 bridgehead atoms. The van der Waals surface area contributed by atoms with Gasteiger partial charge in [-0.2, -0.15) is 0 Å². The number of likely N-dealkylation sites (tertiary alicyclic amines) is 1. The molecule has 2 aliphatic heterocycles. The second kappa shape index (κ2) is 8.16. The van der Waals surface area contributed by atoms with E-state index in [1.54, 1.807) is 0 Å². The molecule has 0 amide bonds. The monoisotopic (exact) mass is 513 g/mol. The first-order valence-electron chi connectivity index (χ1n) is 14.7. The highest BCUT2D eigenvalue weighted by Crippen LogP contribution is 2.77. The molecule has 2 aromatic carbocycles. The van der Waals surface area contributed by atoms with Crippen molar-refractivity contribution in [3.8, 4) is 5.75 Å². The molecule has 0 aromatic heterocycles. The van der Waals surface area contributed by atoms with Crippen molar-refractivity contribution < 1.29 is 19.0 Å². The van der Waals surface area contributed by atoms with Crippen LogP contribution in [-0.2, 0) is 32.7 Å². The largest absolute Gasteiger partial charge is 0.486 e. The molecular weight excluding hydrogens is 474 g/mol. The zero-order valence-corrected chi connectivity index (χ0v) is 22.7. The summed E-state index contributed by atoms with van der Waals surface area (Å²) in [4.78, 5) is 16.2. The quantitative estimate of drug-likeness (QED) is 0.472. The van der Waals surface area contributed by atoms with Gasteiger partial charge in [0.05, 0.1) is 13.2 Å². The predicted molar refractivity (Wildman–Crippen MR) is 144 cm³/mol. The van der Waals surface area contributed by atoms with Crippen LogP contribution in [0.4, 0.5) is 0 Å². The Balaban J connectivity index is 1.27. The van der Waals surface area contributed by atoms with Crippen molar-refractivity contribution in [2.75, 3.05) is 26.8 Å². The summed E-state index contributed by atoms with van der Waals surface area (Å²) in [6, 6.07) is 15.3. The van der Waals surface area contributed by atoms with Gasteiger partial charge in [-0.05, 0) is 74.6 Å². The van der Waals surface area contributed by atoms with Crippen molar-refractivity contribution in [1.29, 1.82) is 0 Å². The van der Waals surface area contributed by atoms with E-state index >= 15 is 0 Å². The number of benzene rings is 2. The fraction of sp³-hybridized carbons (Fsp3) is 0.606. The maximum Gasteiger partial charge on any atom is 0.138 e. The Morgan fingerprint density at radius 1 is 1.11 bits per heavy atom. The molecule has 5 nitrogen and oxygen atoms in total.